The highest BCUT2D eigenvalue weighted by molar-refractivity contribution is 7.17. The standard InChI is InChI=1S/C8H8ClNO2S/c9-7-3-2-6(13-7)8(11)10-4-1-5-12-10/h2-3H,1,4-5H2. The molecule has 1 aliphatic rings. The molecule has 0 bridgehead atoms. The normalized spacial score (nSPS) is 16.5. The van der Waals surface area contributed by atoms with E-state index in [2.05, 4.69) is 0 Å². The van der Waals surface area contributed by atoms with Crippen LogP contribution in [0.3, 0.4) is 0 Å². The van der Waals surface area contributed by atoms with Gasteiger partial charge in [-0.2, -0.15) is 0 Å². The van der Waals surface area contributed by atoms with Gasteiger partial charge in [0, 0.05) is 0 Å². The van der Waals surface area contributed by atoms with Crippen molar-refractivity contribution in [3.63, 3.8) is 0 Å². The van der Waals surface area contributed by atoms with Crippen LogP contribution >= 0.6 is 22.9 Å². The lowest BCUT2D eigenvalue weighted by Gasteiger charge is -2.11. The first-order chi connectivity index (χ1) is 6.27. The molecule has 3 nitrogen and oxygen atoms in total. The summed E-state index contributed by atoms with van der Waals surface area (Å²) in [4.78, 5) is 17.4. The van der Waals surface area contributed by atoms with E-state index in [1.165, 1.54) is 16.4 Å². The lowest BCUT2D eigenvalue weighted by atomic mass is 10.4. The summed E-state index contributed by atoms with van der Waals surface area (Å²) >= 11 is 7.00. The molecule has 0 unspecified atom stereocenters. The molecule has 0 aromatic carbocycles. The fraction of sp³-hybridized carbons (Fsp3) is 0.375. The van der Waals surface area contributed by atoms with Crippen molar-refractivity contribution in [2.24, 2.45) is 0 Å². The van der Waals surface area contributed by atoms with Crippen molar-refractivity contribution in [1.29, 1.82) is 0 Å². The summed E-state index contributed by atoms with van der Waals surface area (Å²) in [5.74, 6) is -0.0885. The molecule has 2 heterocycles. The van der Waals surface area contributed by atoms with Gasteiger partial charge in [0.15, 0.2) is 0 Å². The Bertz CT molecular complexity index is 320. The Morgan fingerprint density at radius 2 is 2.46 bits per heavy atom. The Morgan fingerprint density at radius 3 is 3.00 bits per heavy atom. The third kappa shape index (κ3) is 1.85. The summed E-state index contributed by atoms with van der Waals surface area (Å²) < 4.78 is 0.627. The number of hydrogen-bond donors (Lipinski definition) is 0. The zero-order valence-corrected chi connectivity index (χ0v) is 8.40. The minimum Gasteiger partial charge on any atom is -0.271 e. The predicted octanol–water partition coefficient (Wildman–Crippen LogP) is 2.18. The number of carbonyl (C=O) groups is 1. The van der Waals surface area contributed by atoms with E-state index in [0.29, 0.717) is 22.4 Å². The molecule has 1 saturated heterocycles. The van der Waals surface area contributed by atoms with Gasteiger partial charge in [0.1, 0.15) is 0 Å². The second kappa shape index (κ2) is 3.65. The van der Waals surface area contributed by atoms with Crippen LogP contribution < -0.4 is 0 Å². The largest absolute Gasteiger partial charge is 0.287 e. The van der Waals surface area contributed by atoms with E-state index < -0.39 is 0 Å². The summed E-state index contributed by atoms with van der Waals surface area (Å²) in [6.45, 7) is 1.30. The highest BCUT2D eigenvalue weighted by atomic mass is 35.5. The molecule has 70 valence electrons. The number of hydroxylamine groups is 2. The second-order valence-electron chi connectivity index (χ2n) is 2.70. The van der Waals surface area contributed by atoms with E-state index in [0.717, 1.165) is 6.42 Å². The molecule has 0 saturated carbocycles. The number of halogens is 1. The molecule has 0 N–H and O–H groups in total. The molecule has 1 amide bonds. The average molecular weight is 218 g/mol. The van der Waals surface area contributed by atoms with Crippen LogP contribution in [0.2, 0.25) is 4.34 Å². The molecule has 5 heteroatoms. The monoisotopic (exact) mass is 217 g/mol. The Morgan fingerprint density at radius 1 is 1.62 bits per heavy atom. The van der Waals surface area contributed by atoms with Crippen LogP contribution in [0.4, 0.5) is 0 Å². The van der Waals surface area contributed by atoms with Gasteiger partial charge >= 0.3 is 0 Å². The third-order valence-electron chi connectivity index (χ3n) is 1.76. The minimum absolute atomic E-state index is 0.0885. The predicted molar refractivity (Wildman–Crippen MR) is 50.9 cm³/mol. The first-order valence-electron chi connectivity index (χ1n) is 3.97. The van der Waals surface area contributed by atoms with Crippen molar-refractivity contribution in [1.82, 2.24) is 5.06 Å². The van der Waals surface area contributed by atoms with Gasteiger partial charge in [-0.3, -0.25) is 9.63 Å². The number of hydrogen-bond acceptors (Lipinski definition) is 3. The zero-order valence-electron chi connectivity index (χ0n) is 6.83. The summed E-state index contributed by atoms with van der Waals surface area (Å²) in [7, 11) is 0. The molecule has 1 aromatic rings. The van der Waals surface area contributed by atoms with Gasteiger partial charge in [0.25, 0.3) is 5.91 Å². The highest BCUT2D eigenvalue weighted by Crippen LogP contribution is 2.23. The Labute approximate surface area is 84.8 Å². The third-order valence-corrected chi connectivity index (χ3v) is 2.98. The van der Waals surface area contributed by atoms with Crippen LogP contribution in [-0.4, -0.2) is 24.1 Å². The number of rotatable bonds is 1. The van der Waals surface area contributed by atoms with Crippen LogP contribution in [0.15, 0.2) is 12.1 Å². The van der Waals surface area contributed by atoms with Crippen molar-refractivity contribution in [3.05, 3.63) is 21.3 Å². The fourth-order valence-electron chi connectivity index (χ4n) is 1.16. The molecule has 1 aliphatic heterocycles. The second-order valence-corrected chi connectivity index (χ2v) is 4.41. The molecule has 0 spiro atoms. The minimum atomic E-state index is -0.0885. The Kier molecular flexibility index (Phi) is 2.53. The van der Waals surface area contributed by atoms with Crippen LogP contribution in [-0.2, 0) is 4.84 Å². The summed E-state index contributed by atoms with van der Waals surface area (Å²) in [5, 5.41) is 1.39. The maximum absolute atomic E-state index is 11.6. The van der Waals surface area contributed by atoms with E-state index >= 15 is 0 Å². The van der Waals surface area contributed by atoms with E-state index in [9.17, 15) is 4.79 Å². The Hall–Kier alpha value is -0.580. The van der Waals surface area contributed by atoms with Crippen molar-refractivity contribution in [3.8, 4) is 0 Å². The fourth-order valence-corrected chi connectivity index (χ4v) is 2.14. The first kappa shape index (κ1) is 8.99. The molecule has 1 aromatic heterocycles. The molecule has 0 aliphatic carbocycles. The molecule has 0 atom stereocenters. The number of carbonyl (C=O) groups excluding carboxylic acids is 1. The SMILES string of the molecule is O=C(c1ccc(Cl)s1)N1CCCO1. The van der Waals surface area contributed by atoms with Crippen molar-refractivity contribution < 1.29 is 9.63 Å². The van der Waals surface area contributed by atoms with E-state index in [1.54, 1.807) is 12.1 Å². The smallest absolute Gasteiger partial charge is 0.271 e. The molecule has 1 fully saturated rings. The van der Waals surface area contributed by atoms with Gasteiger partial charge in [0.05, 0.1) is 22.4 Å². The van der Waals surface area contributed by atoms with Gasteiger partial charge in [-0.05, 0) is 18.6 Å². The summed E-state index contributed by atoms with van der Waals surface area (Å²) in [5.41, 5.74) is 0. The van der Waals surface area contributed by atoms with Crippen molar-refractivity contribution in [2.45, 2.75) is 6.42 Å². The molecule has 2 rings (SSSR count). The quantitative estimate of drug-likeness (QED) is 0.722. The summed E-state index contributed by atoms with van der Waals surface area (Å²) in [6.07, 6.45) is 0.908. The topological polar surface area (TPSA) is 29.5 Å². The summed E-state index contributed by atoms with van der Waals surface area (Å²) in [6, 6.07) is 3.44. The lowest BCUT2D eigenvalue weighted by molar-refractivity contribution is -0.0765. The Balaban J connectivity index is 2.12. The van der Waals surface area contributed by atoms with Gasteiger partial charge in [-0.1, -0.05) is 11.6 Å². The van der Waals surface area contributed by atoms with Crippen molar-refractivity contribution in [2.75, 3.05) is 13.2 Å². The zero-order chi connectivity index (χ0) is 9.26. The number of amides is 1. The van der Waals surface area contributed by atoms with Crippen LogP contribution in [0.1, 0.15) is 16.1 Å². The van der Waals surface area contributed by atoms with Gasteiger partial charge in [-0.25, -0.2) is 5.06 Å². The number of nitrogens with zero attached hydrogens (tertiary/aromatic N) is 1. The highest BCUT2D eigenvalue weighted by Gasteiger charge is 2.21. The number of thiophene rings is 1. The lowest BCUT2D eigenvalue weighted by Crippen LogP contribution is -2.25. The first-order valence-corrected chi connectivity index (χ1v) is 5.17. The van der Waals surface area contributed by atoms with Gasteiger partial charge in [-0.15, -0.1) is 11.3 Å². The van der Waals surface area contributed by atoms with Crippen LogP contribution in [0.25, 0.3) is 0 Å². The van der Waals surface area contributed by atoms with E-state index in [4.69, 9.17) is 16.4 Å². The van der Waals surface area contributed by atoms with Crippen molar-refractivity contribution >= 4 is 28.8 Å². The molecule has 13 heavy (non-hydrogen) atoms. The molecular formula is C8H8ClNO2S. The molecule has 0 radical (unpaired) electrons. The molecular weight excluding hydrogens is 210 g/mol. The average Bonchev–Trinajstić information content (AvgIpc) is 2.72. The van der Waals surface area contributed by atoms with E-state index in [1.807, 2.05) is 0 Å². The maximum atomic E-state index is 11.6. The van der Waals surface area contributed by atoms with Gasteiger partial charge in [0.2, 0.25) is 0 Å². The van der Waals surface area contributed by atoms with E-state index in [-0.39, 0.29) is 5.91 Å². The van der Waals surface area contributed by atoms with Gasteiger partial charge < -0.3 is 0 Å². The van der Waals surface area contributed by atoms with Crippen LogP contribution in [0.5, 0.6) is 0 Å². The maximum Gasteiger partial charge on any atom is 0.287 e. The van der Waals surface area contributed by atoms with Crippen LogP contribution in [0, 0.1) is 0 Å².